The van der Waals surface area contributed by atoms with Crippen LogP contribution in [0.5, 0.6) is 0 Å². The molecule has 2 rings (SSSR count). The molecule has 0 amide bonds. The maximum Gasteiger partial charge on any atom is 0.171 e. The summed E-state index contributed by atoms with van der Waals surface area (Å²) in [5.41, 5.74) is 1.73. The molecule has 1 fully saturated rings. The predicted molar refractivity (Wildman–Crippen MR) is 63.4 cm³/mol. The van der Waals surface area contributed by atoms with Crippen LogP contribution in [-0.2, 0) is 10.2 Å². The fourth-order valence-electron chi connectivity index (χ4n) is 2.48. The summed E-state index contributed by atoms with van der Waals surface area (Å²) < 4.78 is 0. The Morgan fingerprint density at radius 1 is 1.31 bits per heavy atom. The van der Waals surface area contributed by atoms with Crippen LogP contribution in [0, 0.1) is 6.92 Å². The Kier molecular flexibility index (Phi) is 2.85. The highest BCUT2D eigenvalue weighted by Gasteiger charge is 2.41. The molecule has 1 aliphatic rings. The van der Waals surface area contributed by atoms with Gasteiger partial charge in [-0.3, -0.25) is 4.79 Å². The number of ketones is 1. The van der Waals surface area contributed by atoms with Crippen LogP contribution >= 0.6 is 0 Å². The van der Waals surface area contributed by atoms with Gasteiger partial charge >= 0.3 is 0 Å². The van der Waals surface area contributed by atoms with Crippen LogP contribution in [0.3, 0.4) is 0 Å². The Morgan fingerprint density at radius 2 is 1.94 bits per heavy atom. The fourth-order valence-corrected chi connectivity index (χ4v) is 2.48. The lowest BCUT2D eigenvalue weighted by atomic mass is 9.69. The first-order chi connectivity index (χ1) is 7.54. The summed E-state index contributed by atoms with van der Waals surface area (Å²) in [5.74, 6) is -0.0254. The highest BCUT2D eigenvalue weighted by atomic mass is 16.3. The molecule has 1 aliphatic carbocycles. The van der Waals surface area contributed by atoms with Crippen LogP contribution in [0.2, 0.25) is 0 Å². The Labute approximate surface area is 96.3 Å². The van der Waals surface area contributed by atoms with E-state index >= 15 is 0 Å². The Hall–Kier alpha value is -1.15. The minimum absolute atomic E-state index is 0.0254. The summed E-state index contributed by atoms with van der Waals surface area (Å²) in [5, 5.41) is 9.68. The highest BCUT2D eigenvalue weighted by Crippen LogP contribution is 2.36. The van der Waals surface area contributed by atoms with Crippen molar-refractivity contribution in [2.75, 3.05) is 0 Å². The van der Waals surface area contributed by atoms with Gasteiger partial charge in [0.15, 0.2) is 5.78 Å². The first-order valence-electron chi connectivity index (χ1n) is 5.83. The molecule has 0 radical (unpaired) electrons. The molecule has 0 spiro atoms. The normalized spacial score (nSPS) is 30.4. The lowest BCUT2D eigenvalue weighted by Gasteiger charge is -2.35. The fraction of sp³-hybridized carbons (Fsp3) is 0.500. The summed E-state index contributed by atoms with van der Waals surface area (Å²) >= 11 is 0. The Morgan fingerprint density at radius 3 is 2.56 bits per heavy atom. The topological polar surface area (TPSA) is 37.3 Å². The number of hydrogen-bond acceptors (Lipinski definition) is 2. The van der Waals surface area contributed by atoms with Crippen molar-refractivity contribution in [2.24, 2.45) is 0 Å². The van der Waals surface area contributed by atoms with Crippen molar-refractivity contribution in [3.05, 3.63) is 35.4 Å². The van der Waals surface area contributed by atoms with Crippen LogP contribution in [0.15, 0.2) is 24.3 Å². The summed E-state index contributed by atoms with van der Waals surface area (Å²) in [4.78, 5) is 12.1. The monoisotopic (exact) mass is 218 g/mol. The van der Waals surface area contributed by atoms with E-state index in [9.17, 15) is 9.90 Å². The molecule has 2 atom stereocenters. The number of benzene rings is 1. The van der Waals surface area contributed by atoms with Crippen LogP contribution in [0.1, 0.15) is 37.3 Å². The van der Waals surface area contributed by atoms with E-state index in [2.05, 4.69) is 0 Å². The standard InChI is InChI=1S/C14H18O2/c1-10-5-7-11(8-6-10)14(2)9-3-4-12(15)13(14)16/h5-8,12,15H,3-4,9H2,1-2H3/t12-,14+/m0/s1. The third-order valence-electron chi connectivity index (χ3n) is 3.69. The zero-order valence-electron chi connectivity index (χ0n) is 9.86. The molecule has 1 N–H and O–H groups in total. The third kappa shape index (κ3) is 1.78. The molecule has 0 unspecified atom stereocenters. The minimum Gasteiger partial charge on any atom is -0.385 e. The van der Waals surface area contributed by atoms with E-state index in [0.717, 1.165) is 18.4 Å². The molecule has 0 heterocycles. The van der Waals surface area contributed by atoms with Crippen LogP contribution in [0.4, 0.5) is 0 Å². The van der Waals surface area contributed by atoms with Gasteiger partial charge in [0.1, 0.15) is 6.10 Å². The number of carbonyl (C=O) groups is 1. The van der Waals surface area contributed by atoms with E-state index < -0.39 is 11.5 Å². The molecule has 1 aromatic rings. The largest absolute Gasteiger partial charge is 0.385 e. The van der Waals surface area contributed by atoms with Gasteiger partial charge in [0.25, 0.3) is 0 Å². The molecule has 86 valence electrons. The van der Waals surface area contributed by atoms with E-state index in [1.807, 2.05) is 38.1 Å². The van der Waals surface area contributed by atoms with Crippen molar-refractivity contribution in [3.8, 4) is 0 Å². The molecule has 2 nitrogen and oxygen atoms in total. The first kappa shape index (κ1) is 11.3. The van der Waals surface area contributed by atoms with Crippen molar-refractivity contribution in [3.63, 3.8) is 0 Å². The second-order valence-corrected chi connectivity index (χ2v) is 4.97. The van der Waals surface area contributed by atoms with Crippen molar-refractivity contribution >= 4 is 5.78 Å². The Bertz CT molecular complexity index is 394. The number of aliphatic hydroxyl groups excluding tert-OH is 1. The SMILES string of the molecule is Cc1ccc([C@@]2(C)CCC[C@H](O)C2=O)cc1. The van der Waals surface area contributed by atoms with Gasteiger partial charge in [-0.15, -0.1) is 0 Å². The van der Waals surface area contributed by atoms with Crippen LogP contribution in [0.25, 0.3) is 0 Å². The maximum absolute atomic E-state index is 12.1. The van der Waals surface area contributed by atoms with Crippen molar-refractivity contribution in [1.29, 1.82) is 0 Å². The van der Waals surface area contributed by atoms with Crippen molar-refractivity contribution < 1.29 is 9.90 Å². The van der Waals surface area contributed by atoms with Gasteiger partial charge in [0.05, 0.1) is 5.41 Å². The molecule has 1 saturated carbocycles. The number of aryl methyl sites for hydroxylation is 1. The third-order valence-corrected chi connectivity index (χ3v) is 3.69. The van der Waals surface area contributed by atoms with Crippen LogP contribution < -0.4 is 0 Å². The van der Waals surface area contributed by atoms with Gasteiger partial charge in [-0.2, -0.15) is 0 Å². The molecule has 1 aromatic carbocycles. The Balaban J connectivity index is 2.37. The average Bonchev–Trinajstić information content (AvgIpc) is 2.27. The number of aliphatic hydroxyl groups is 1. The number of hydrogen-bond donors (Lipinski definition) is 1. The molecule has 0 aromatic heterocycles. The number of rotatable bonds is 1. The van der Waals surface area contributed by atoms with Crippen molar-refractivity contribution in [2.45, 2.75) is 44.6 Å². The van der Waals surface area contributed by atoms with E-state index in [1.54, 1.807) is 0 Å². The quantitative estimate of drug-likeness (QED) is 0.785. The minimum atomic E-state index is -0.778. The summed E-state index contributed by atoms with van der Waals surface area (Å²) in [6.07, 6.45) is 1.59. The van der Waals surface area contributed by atoms with E-state index in [1.165, 1.54) is 5.56 Å². The molecule has 0 saturated heterocycles. The lowest BCUT2D eigenvalue weighted by molar-refractivity contribution is -0.135. The molecule has 16 heavy (non-hydrogen) atoms. The molecular formula is C14H18O2. The maximum atomic E-state index is 12.1. The van der Waals surface area contributed by atoms with Gasteiger partial charge in [0.2, 0.25) is 0 Å². The van der Waals surface area contributed by atoms with E-state index in [0.29, 0.717) is 6.42 Å². The van der Waals surface area contributed by atoms with E-state index in [4.69, 9.17) is 0 Å². The second kappa shape index (κ2) is 4.02. The van der Waals surface area contributed by atoms with Crippen molar-refractivity contribution in [1.82, 2.24) is 0 Å². The lowest BCUT2D eigenvalue weighted by Crippen LogP contribution is -2.43. The van der Waals surface area contributed by atoms with Gasteiger partial charge in [0, 0.05) is 0 Å². The molecular weight excluding hydrogens is 200 g/mol. The summed E-state index contributed by atoms with van der Waals surface area (Å²) in [6.45, 7) is 3.98. The van der Waals surface area contributed by atoms with E-state index in [-0.39, 0.29) is 5.78 Å². The van der Waals surface area contributed by atoms with Gasteiger partial charge in [-0.1, -0.05) is 29.8 Å². The molecule has 2 heteroatoms. The van der Waals surface area contributed by atoms with Gasteiger partial charge in [-0.05, 0) is 38.7 Å². The average molecular weight is 218 g/mol. The summed E-state index contributed by atoms with van der Waals surface area (Å²) in [7, 11) is 0. The zero-order valence-corrected chi connectivity index (χ0v) is 9.86. The zero-order chi connectivity index (χ0) is 11.8. The number of Topliss-reactive ketones (excluding diaryl/α,β-unsaturated/α-hetero) is 1. The number of carbonyl (C=O) groups excluding carboxylic acids is 1. The molecule has 0 bridgehead atoms. The molecule has 0 aliphatic heterocycles. The first-order valence-corrected chi connectivity index (χ1v) is 5.83. The highest BCUT2D eigenvalue weighted by molar-refractivity contribution is 5.93. The van der Waals surface area contributed by atoms with Gasteiger partial charge < -0.3 is 5.11 Å². The van der Waals surface area contributed by atoms with Crippen LogP contribution in [-0.4, -0.2) is 17.0 Å². The smallest absolute Gasteiger partial charge is 0.171 e. The van der Waals surface area contributed by atoms with Gasteiger partial charge in [-0.25, -0.2) is 0 Å². The predicted octanol–water partition coefficient (Wildman–Crippen LogP) is 2.37. The summed E-state index contributed by atoms with van der Waals surface area (Å²) in [6, 6.07) is 8.06. The second-order valence-electron chi connectivity index (χ2n) is 4.97.